The summed E-state index contributed by atoms with van der Waals surface area (Å²) in [4.78, 5) is 14.2. The van der Waals surface area contributed by atoms with E-state index in [4.69, 9.17) is 5.21 Å². The monoisotopic (exact) mass is 352 g/mol. The molecule has 1 aliphatic heterocycles. The lowest BCUT2D eigenvalue weighted by molar-refractivity contribution is -0.138. The first-order chi connectivity index (χ1) is 11.7. The first-order valence-corrected chi connectivity index (χ1v) is 7.48. The summed E-state index contributed by atoms with van der Waals surface area (Å²) in [5, 5.41) is 15.8. The molecule has 9 heteroatoms. The van der Waals surface area contributed by atoms with Gasteiger partial charge in [0.1, 0.15) is 5.69 Å². The minimum Gasteiger partial charge on any atom is -0.411 e. The van der Waals surface area contributed by atoms with Gasteiger partial charge in [0.2, 0.25) is 0 Å². The standard InChI is InChI=1S/C16H15F3N4O2/c1-9-5-12(3-4-13(9)16(17,18)19)22-8-10(2)23-14(15(22)24)11(6-20-23)7-21-25/h3-7,10,25H,8H2,1-2H3/b21-7+/t10-/m0/s1. The smallest absolute Gasteiger partial charge is 0.411 e. The van der Waals surface area contributed by atoms with Crippen LogP contribution in [-0.2, 0) is 6.18 Å². The van der Waals surface area contributed by atoms with Crippen molar-refractivity contribution in [1.82, 2.24) is 9.78 Å². The number of fused-ring (bicyclic) bond motifs is 1. The van der Waals surface area contributed by atoms with E-state index in [0.29, 0.717) is 11.3 Å². The maximum Gasteiger partial charge on any atom is 0.416 e. The zero-order valence-electron chi connectivity index (χ0n) is 13.4. The van der Waals surface area contributed by atoms with E-state index in [1.807, 2.05) is 6.92 Å². The summed E-state index contributed by atoms with van der Waals surface area (Å²) >= 11 is 0. The number of halogens is 3. The van der Waals surface area contributed by atoms with Crippen LogP contribution >= 0.6 is 0 Å². The summed E-state index contributed by atoms with van der Waals surface area (Å²) in [5.74, 6) is -0.412. The molecule has 1 aromatic carbocycles. The summed E-state index contributed by atoms with van der Waals surface area (Å²) in [6, 6.07) is 3.42. The maximum absolute atomic E-state index is 12.9. The number of oxime groups is 1. The van der Waals surface area contributed by atoms with Crippen LogP contribution in [0, 0.1) is 6.92 Å². The predicted octanol–water partition coefficient (Wildman–Crippen LogP) is 3.24. The van der Waals surface area contributed by atoms with Crippen molar-refractivity contribution in [3.05, 3.63) is 46.8 Å². The van der Waals surface area contributed by atoms with Crippen LogP contribution in [-0.4, -0.2) is 33.7 Å². The molecule has 2 heterocycles. The first kappa shape index (κ1) is 17.0. The average Bonchev–Trinajstić information content (AvgIpc) is 2.94. The third-order valence-corrected chi connectivity index (χ3v) is 4.16. The highest BCUT2D eigenvalue weighted by Gasteiger charge is 2.35. The van der Waals surface area contributed by atoms with Crippen LogP contribution < -0.4 is 4.90 Å². The summed E-state index contributed by atoms with van der Waals surface area (Å²) in [6.45, 7) is 3.47. The number of aryl methyl sites for hydroxylation is 1. The minimum absolute atomic E-state index is 0.0432. The lowest BCUT2D eigenvalue weighted by Gasteiger charge is -2.32. The van der Waals surface area contributed by atoms with Gasteiger partial charge in [-0.3, -0.25) is 9.48 Å². The van der Waals surface area contributed by atoms with Crippen LogP contribution in [0.4, 0.5) is 18.9 Å². The van der Waals surface area contributed by atoms with Crippen LogP contribution in [0.15, 0.2) is 29.6 Å². The van der Waals surface area contributed by atoms with Gasteiger partial charge in [0.05, 0.1) is 24.0 Å². The molecule has 3 rings (SSSR count). The lowest BCUT2D eigenvalue weighted by Crippen LogP contribution is -2.43. The third-order valence-electron chi connectivity index (χ3n) is 4.16. The molecule has 0 unspecified atom stereocenters. The van der Waals surface area contributed by atoms with Gasteiger partial charge >= 0.3 is 6.18 Å². The molecular formula is C16H15F3N4O2. The van der Waals surface area contributed by atoms with E-state index < -0.39 is 17.6 Å². The highest BCUT2D eigenvalue weighted by molar-refractivity contribution is 6.10. The van der Waals surface area contributed by atoms with Crippen LogP contribution in [0.3, 0.4) is 0 Å². The van der Waals surface area contributed by atoms with Crippen molar-refractivity contribution in [2.45, 2.75) is 26.1 Å². The van der Waals surface area contributed by atoms with Gasteiger partial charge in [-0.05, 0) is 37.6 Å². The molecule has 0 bridgehead atoms. The van der Waals surface area contributed by atoms with Gasteiger partial charge in [-0.2, -0.15) is 18.3 Å². The van der Waals surface area contributed by atoms with Crippen molar-refractivity contribution in [2.24, 2.45) is 5.16 Å². The fourth-order valence-electron chi connectivity index (χ4n) is 3.00. The second kappa shape index (κ2) is 5.91. The number of alkyl halides is 3. The Morgan fingerprint density at radius 2 is 2.12 bits per heavy atom. The largest absolute Gasteiger partial charge is 0.416 e. The Kier molecular flexibility index (Phi) is 4.02. The SMILES string of the molecule is Cc1cc(N2C[C@H](C)n3ncc(/C=N/O)c3C2=O)ccc1C(F)(F)F. The Morgan fingerprint density at radius 1 is 1.40 bits per heavy atom. The van der Waals surface area contributed by atoms with Gasteiger partial charge in [-0.1, -0.05) is 5.16 Å². The van der Waals surface area contributed by atoms with E-state index in [9.17, 15) is 18.0 Å². The quantitative estimate of drug-likeness (QED) is 0.512. The van der Waals surface area contributed by atoms with Gasteiger partial charge < -0.3 is 10.1 Å². The molecule has 0 saturated carbocycles. The number of hydrogen-bond donors (Lipinski definition) is 1. The molecule has 1 aliphatic rings. The number of nitrogens with zero attached hydrogens (tertiary/aromatic N) is 4. The number of rotatable bonds is 2. The third kappa shape index (κ3) is 2.86. The molecule has 1 amide bonds. The maximum atomic E-state index is 12.9. The fraction of sp³-hybridized carbons (Fsp3) is 0.312. The molecule has 2 aromatic rings. The lowest BCUT2D eigenvalue weighted by atomic mass is 10.1. The highest BCUT2D eigenvalue weighted by atomic mass is 19.4. The molecular weight excluding hydrogens is 337 g/mol. The van der Waals surface area contributed by atoms with Gasteiger partial charge in [-0.15, -0.1) is 0 Å². The number of benzene rings is 1. The van der Waals surface area contributed by atoms with Gasteiger partial charge in [0.25, 0.3) is 5.91 Å². The average molecular weight is 352 g/mol. The van der Waals surface area contributed by atoms with Gasteiger partial charge in [0, 0.05) is 17.8 Å². The number of amides is 1. The van der Waals surface area contributed by atoms with Crippen molar-refractivity contribution in [3.63, 3.8) is 0 Å². The van der Waals surface area contributed by atoms with Crippen LogP contribution in [0.1, 0.15) is 40.1 Å². The number of carbonyl (C=O) groups is 1. The molecule has 0 radical (unpaired) electrons. The normalized spacial score (nSPS) is 18.0. The number of anilines is 1. The molecule has 0 saturated heterocycles. The number of hydrogen-bond acceptors (Lipinski definition) is 4. The van der Waals surface area contributed by atoms with E-state index in [0.717, 1.165) is 12.3 Å². The molecule has 1 aromatic heterocycles. The van der Waals surface area contributed by atoms with Crippen LogP contribution in [0.25, 0.3) is 0 Å². The van der Waals surface area contributed by atoms with Gasteiger partial charge in [0.15, 0.2) is 0 Å². The predicted molar refractivity (Wildman–Crippen MR) is 84.2 cm³/mol. The minimum atomic E-state index is -4.44. The fourth-order valence-corrected chi connectivity index (χ4v) is 3.00. The van der Waals surface area contributed by atoms with Crippen LogP contribution in [0.2, 0.25) is 0 Å². The summed E-state index contributed by atoms with van der Waals surface area (Å²) in [6.07, 6.45) is -1.93. The first-order valence-electron chi connectivity index (χ1n) is 7.48. The van der Waals surface area contributed by atoms with Crippen molar-refractivity contribution < 1.29 is 23.2 Å². The molecule has 1 atom stereocenters. The summed E-state index contributed by atoms with van der Waals surface area (Å²) < 4.78 is 40.3. The molecule has 6 nitrogen and oxygen atoms in total. The number of aromatic nitrogens is 2. The Hall–Kier alpha value is -2.84. The molecule has 1 N–H and O–H groups in total. The summed E-state index contributed by atoms with van der Waals surface area (Å²) in [5.41, 5.74) is 0.261. The molecule has 0 aliphatic carbocycles. The van der Waals surface area contributed by atoms with E-state index >= 15 is 0 Å². The van der Waals surface area contributed by atoms with Crippen LogP contribution in [0.5, 0.6) is 0 Å². The van der Waals surface area contributed by atoms with E-state index in [1.165, 1.54) is 34.8 Å². The molecule has 0 fully saturated rings. The Balaban J connectivity index is 2.03. The van der Waals surface area contributed by atoms with Crippen molar-refractivity contribution >= 4 is 17.8 Å². The number of carbonyl (C=O) groups excluding carboxylic acids is 1. The summed E-state index contributed by atoms with van der Waals surface area (Å²) in [7, 11) is 0. The second-order valence-corrected chi connectivity index (χ2v) is 5.90. The zero-order valence-corrected chi connectivity index (χ0v) is 13.4. The molecule has 132 valence electrons. The Morgan fingerprint density at radius 3 is 2.72 bits per heavy atom. The Bertz CT molecular complexity index is 858. The van der Waals surface area contributed by atoms with Gasteiger partial charge in [-0.25, -0.2) is 0 Å². The van der Waals surface area contributed by atoms with Crippen molar-refractivity contribution in [2.75, 3.05) is 11.4 Å². The van der Waals surface area contributed by atoms with Crippen molar-refractivity contribution in [3.8, 4) is 0 Å². The molecule has 0 spiro atoms. The zero-order chi connectivity index (χ0) is 18.4. The van der Waals surface area contributed by atoms with E-state index in [-0.39, 0.29) is 23.8 Å². The molecule has 25 heavy (non-hydrogen) atoms. The topological polar surface area (TPSA) is 70.7 Å². The highest BCUT2D eigenvalue weighted by Crippen LogP contribution is 2.35. The Labute approximate surface area is 141 Å². The van der Waals surface area contributed by atoms with E-state index in [2.05, 4.69) is 10.3 Å². The second-order valence-electron chi connectivity index (χ2n) is 5.90. The van der Waals surface area contributed by atoms with E-state index in [1.54, 1.807) is 0 Å². The van der Waals surface area contributed by atoms with Crippen molar-refractivity contribution in [1.29, 1.82) is 0 Å².